The van der Waals surface area contributed by atoms with Gasteiger partial charge in [-0.1, -0.05) is 30.3 Å². The highest BCUT2D eigenvalue weighted by molar-refractivity contribution is 6.12. The second-order valence-electron chi connectivity index (χ2n) is 7.61. The standard InChI is InChI=1S/C24H25N7O/c1-24(2,15-27)20-6-3-16(4-7-20)12-30-14-19(11-26)23(32)31-13-17-5-8-21(22(28)29)18(9-17)10-25/h3-9,11,14H,12-13,26H2,1-2H3,(H3,28,29)(H,31,32)/b19-11+,30-14?. The molecular weight excluding hydrogens is 402 g/mol. The second-order valence-corrected chi connectivity index (χ2v) is 7.61. The van der Waals surface area contributed by atoms with Crippen LogP contribution in [-0.2, 0) is 23.3 Å². The molecule has 2 aromatic rings. The van der Waals surface area contributed by atoms with E-state index in [4.69, 9.17) is 16.9 Å². The third kappa shape index (κ3) is 6.04. The van der Waals surface area contributed by atoms with Crippen molar-refractivity contribution in [2.24, 2.45) is 16.5 Å². The Morgan fingerprint density at radius 1 is 1.19 bits per heavy atom. The van der Waals surface area contributed by atoms with Crippen LogP contribution in [0.25, 0.3) is 0 Å². The van der Waals surface area contributed by atoms with Crippen molar-refractivity contribution < 1.29 is 4.79 Å². The largest absolute Gasteiger partial charge is 0.404 e. The number of aliphatic imine (C=N–C) groups is 1. The molecular formula is C24H25N7O. The molecule has 0 unspecified atom stereocenters. The predicted octanol–water partition coefficient (Wildman–Crippen LogP) is 2.37. The van der Waals surface area contributed by atoms with Gasteiger partial charge in [0.2, 0.25) is 0 Å². The zero-order chi connectivity index (χ0) is 23.7. The molecule has 0 saturated heterocycles. The monoisotopic (exact) mass is 427 g/mol. The molecule has 32 heavy (non-hydrogen) atoms. The minimum atomic E-state index is -0.560. The molecule has 0 heterocycles. The molecule has 0 fully saturated rings. The van der Waals surface area contributed by atoms with Crippen LogP contribution in [0.15, 0.2) is 59.2 Å². The molecule has 0 spiro atoms. The lowest BCUT2D eigenvalue weighted by Gasteiger charge is -2.15. The number of amidine groups is 1. The summed E-state index contributed by atoms with van der Waals surface area (Å²) in [7, 11) is 0. The number of hydrogen-bond acceptors (Lipinski definition) is 6. The normalized spacial score (nSPS) is 11.6. The summed E-state index contributed by atoms with van der Waals surface area (Å²) >= 11 is 0. The summed E-state index contributed by atoms with van der Waals surface area (Å²) in [5.41, 5.74) is 13.8. The minimum Gasteiger partial charge on any atom is -0.404 e. The molecule has 2 aromatic carbocycles. The van der Waals surface area contributed by atoms with Crippen molar-refractivity contribution in [2.45, 2.75) is 32.4 Å². The van der Waals surface area contributed by atoms with E-state index in [1.54, 1.807) is 18.2 Å². The van der Waals surface area contributed by atoms with Crippen LogP contribution >= 0.6 is 0 Å². The smallest absolute Gasteiger partial charge is 0.254 e. The predicted molar refractivity (Wildman–Crippen MR) is 124 cm³/mol. The number of nitrogens with zero attached hydrogens (tertiary/aromatic N) is 3. The molecule has 0 aliphatic rings. The Hall–Kier alpha value is -4.43. The van der Waals surface area contributed by atoms with Gasteiger partial charge in [0.25, 0.3) is 5.91 Å². The van der Waals surface area contributed by atoms with Gasteiger partial charge in [-0.15, -0.1) is 0 Å². The van der Waals surface area contributed by atoms with Crippen molar-refractivity contribution in [3.63, 3.8) is 0 Å². The molecule has 1 amide bonds. The molecule has 0 atom stereocenters. The number of rotatable bonds is 8. The molecule has 8 heteroatoms. The van der Waals surface area contributed by atoms with Crippen molar-refractivity contribution in [3.05, 3.63) is 82.1 Å². The summed E-state index contributed by atoms with van der Waals surface area (Å²) in [6.45, 7) is 4.24. The van der Waals surface area contributed by atoms with Crippen LogP contribution in [0.2, 0.25) is 0 Å². The second kappa shape index (κ2) is 10.6. The van der Waals surface area contributed by atoms with Gasteiger partial charge in [-0.3, -0.25) is 15.2 Å². The van der Waals surface area contributed by atoms with Crippen molar-refractivity contribution >= 4 is 18.0 Å². The van der Waals surface area contributed by atoms with Crippen LogP contribution in [0, 0.1) is 28.1 Å². The molecule has 0 saturated carbocycles. The Kier molecular flexibility index (Phi) is 7.86. The number of hydrogen-bond donors (Lipinski definition) is 4. The lowest BCUT2D eigenvalue weighted by molar-refractivity contribution is -0.117. The van der Waals surface area contributed by atoms with Gasteiger partial charge in [0.05, 0.1) is 35.2 Å². The maximum absolute atomic E-state index is 12.4. The molecule has 0 aliphatic heterocycles. The summed E-state index contributed by atoms with van der Waals surface area (Å²) in [6.07, 6.45) is 2.58. The number of nitrogen functional groups attached to an aromatic ring is 1. The Labute approximate surface area is 187 Å². The van der Waals surface area contributed by atoms with Crippen LogP contribution in [0.4, 0.5) is 0 Å². The van der Waals surface area contributed by atoms with Crippen molar-refractivity contribution in [2.75, 3.05) is 0 Å². The highest BCUT2D eigenvalue weighted by Crippen LogP contribution is 2.22. The molecule has 6 N–H and O–H groups in total. The van der Waals surface area contributed by atoms with Crippen LogP contribution in [0.3, 0.4) is 0 Å². The van der Waals surface area contributed by atoms with E-state index in [-0.39, 0.29) is 23.5 Å². The topological polar surface area (TPSA) is 165 Å². The zero-order valence-corrected chi connectivity index (χ0v) is 18.0. The van der Waals surface area contributed by atoms with Gasteiger partial charge in [-0.25, -0.2) is 0 Å². The number of carbonyl (C=O) groups excluding carboxylic acids is 1. The van der Waals surface area contributed by atoms with Gasteiger partial charge in [0, 0.05) is 24.5 Å². The van der Waals surface area contributed by atoms with Crippen molar-refractivity contribution in [3.8, 4) is 12.1 Å². The molecule has 8 nitrogen and oxygen atoms in total. The van der Waals surface area contributed by atoms with Gasteiger partial charge in [0.1, 0.15) is 5.84 Å². The number of nitriles is 2. The third-order valence-corrected chi connectivity index (χ3v) is 4.85. The number of amides is 1. The lowest BCUT2D eigenvalue weighted by atomic mass is 9.86. The van der Waals surface area contributed by atoms with E-state index in [9.17, 15) is 15.3 Å². The summed E-state index contributed by atoms with van der Waals surface area (Å²) in [5.74, 6) is -0.596. The first kappa shape index (κ1) is 23.8. The first-order valence-electron chi connectivity index (χ1n) is 9.80. The lowest BCUT2D eigenvalue weighted by Crippen LogP contribution is -2.26. The van der Waals surface area contributed by atoms with E-state index < -0.39 is 11.3 Å². The molecule has 2 rings (SSSR count). The summed E-state index contributed by atoms with van der Waals surface area (Å²) < 4.78 is 0. The molecule has 0 aliphatic carbocycles. The van der Waals surface area contributed by atoms with Crippen LogP contribution in [-0.4, -0.2) is 18.0 Å². The van der Waals surface area contributed by atoms with Crippen molar-refractivity contribution in [1.82, 2.24) is 5.32 Å². The quantitative estimate of drug-likeness (QED) is 0.288. The van der Waals surface area contributed by atoms with Crippen LogP contribution in [0.1, 0.15) is 41.7 Å². The minimum absolute atomic E-state index is 0.174. The van der Waals surface area contributed by atoms with Gasteiger partial charge in [-0.2, -0.15) is 10.5 Å². The fourth-order valence-electron chi connectivity index (χ4n) is 2.83. The van der Waals surface area contributed by atoms with Crippen LogP contribution in [0.5, 0.6) is 0 Å². The summed E-state index contributed by atoms with van der Waals surface area (Å²) in [5, 5.41) is 28.6. The van der Waals surface area contributed by atoms with Gasteiger partial charge in [0.15, 0.2) is 0 Å². The van der Waals surface area contributed by atoms with E-state index in [0.29, 0.717) is 17.7 Å². The van der Waals surface area contributed by atoms with E-state index in [2.05, 4.69) is 16.4 Å². The number of carbonyl (C=O) groups is 1. The van der Waals surface area contributed by atoms with Gasteiger partial charge < -0.3 is 16.8 Å². The molecule has 0 radical (unpaired) electrons. The van der Waals surface area contributed by atoms with E-state index in [0.717, 1.165) is 11.1 Å². The Morgan fingerprint density at radius 2 is 1.84 bits per heavy atom. The first-order chi connectivity index (χ1) is 15.2. The maximum atomic E-state index is 12.4. The highest BCUT2D eigenvalue weighted by Gasteiger charge is 2.19. The summed E-state index contributed by atoms with van der Waals surface area (Å²) in [6, 6.07) is 16.7. The third-order valence-electron chi connectivity index (χ3n) is 4.85. The molecule has 0 bridgehead atoms. The number of nitrogens with two attached hydrogens (primary N) is 2. The van der Waals surface area contributed by atoms with Crippen molar-refractivity contribution in [1.29, 1.82) is 15.9 Å². The average molecular weight is 428 g/mol. The number of benzene rings is 2. The molecule has 0 aromatic heterocycles. The summed E-state index contributed by atoms with van der Waals surface area (Å²) in [4.78, 5) is 16.7. The van der Waals surface area contributed by atoms with E-state index >= 15 is 0 Å². The SMILES string of the molecule is CC(C)(C#N)c1ccc(CN=C/C(=C\N)C(=O)NCc2ccc(C(=N)N)c(C#N)c2)cc1. The zero-order valence-electron chi connectivity index (χ0n) is 18.0. The Morgan fingerprint density at radius 3 is 2.41 bits per heavy atom. The van der Waals surface area contributed by atoms with E-state index in [1.165, 1.54) is 12.4 Å². The first-order valence-corrected chi connectivity index (χ1v) is 9.80. The van der Waals surface area contributed by atoms with E-state index in [1.807, 2.05) is 44.2 Å². The average Bonchev–Trinajstić information content (AvgIpc) is 2.80. The number of nitrogens with one attached hydrogen (secondary N) is 2. The van der Waals surface area contributed by atoms with Gasteiger partial charge >= 0.3 is 0 Å². The van der Waals surface area contributed by atoms with Gasteiger partial charge in [-0.05, 0) is 42.7 Å². The fourth-order valence-corrected chi connectivity index (χ4v) is 2.83. The maximum Gasteiger partial charge on any atom is 0.254 e. The van der Waals surface area contributed by atoms with Crippen LogP contribution < -0.4 is 16.8 Å². The highest BCUT2D eigenvalue weighted by atomic mass is 16.1. The Bertz CT molecular complexity index is 1150. The fraction of sp³-hybridized carbons (Fsp3) is 0.208. The Balaban J connectivity index is 1.97. The molecule has 162 valence electrons.